The van der Waals surface area contributed by atoms with Gasteiger partial charge in [0, 0.05) is 18.5 Å². The van der Waals surface area contributed by atoms with Gasteiger partial charge in [0.25, 0.3) is 0 Å². The van der Waals surface area contributed by atoms with Crippen LogP contribution in [0.2, 0.25) is 0 Å². The van der Waals surface area contributed by atoms with Gasteiger partial charge in [0.1, 0.15) is 5.03 Å². The van der Waals surface area contributed by atoms with Gasteiger partial charge in [0.05, 0.1) is 0 Å². The number of nitrogen functional groups attached to an aromatic ring is 1. The molecule has 1 aromatic rings. The zero-order valence-electron chi connectivity index (χ0n) is 9.31. The van der Waals surface area contributed by atoms with Gasteiger partial charge in [0.2, 0.25) is 5.95 Å². The molecule has 1 rings (SSSR count). The third kappa shape index (κ3) is 4.48. The maximum Gasteiger partial charge on any atom is 0.221 e. The lowest BCUT2D eigenvalue weighted by Crippen LogP contribution is -2.25. The van der Waals surface area contributed by atoms with E-state index in [9.17, 15) is 0 Å². The second kappa shape index (κ2) is 6.63. The molecule has 0 aromatic carbocycles. The Morgan fingerprint density at radius 1 is 1.40 bits per heavy atom. The van der Waals surface area contributed by atoms with E-state index in [-0.39, 0.29) is 0 Å². The highest BCUT2D eigenvalue weighted by molar-refractivity contribution is 7.99. The molecular formula is C10H18N4S. The lowest BCUT2D eigenvalue weighted by molar-refractivity contribution is 0.324. The summed E-state index contributed by atoms with van der Waals surface area (Å²) in [5.74, 6) is 1.39. The van der Waals surface area contributed by atoms with Crippen molar-refractivity contribution in [2.24, 2.45) is 0 Å². The minimum Gasteiger partial charge on any atom is -0.368 e. The Bertz CT molecular complexity index is 289. The van der Waals surface area contributed by atoms with Gasteiger partial charge >= 0.3 is 0 Å². The van der Waals surface area contributed by atoms with Crippen LogP contribution in [0.5, 0.6) is 0 Å². The van der Waals surface area contributed by atoms with Gasteiger partial charge in [0.15, 0.2) is 0 Å². The molecule has 15 heavy (non-hydrogen) atoms. The molecule has 0 aliphatic heterocycles. The number of rotatable bonds is 6. The van der Waals surface area contributed by atoms with Crippen molar-refractivity contribution in [2.75, 3.05) is 31.1 Å². The van der Waals surface area contributed by atoms with Crippen LogP contribution < -0.4 is 5.73 Å². The van der Waals surface area contributed by atoms with E-state index < -0.39 is 0 Å². The minimum atomic E-state index is 0.350. The van der Waals surface area contributed by atoms with Gasteiger partial charge < -0.3 is 10.6 Å². The standard InChI is InChI=1S/C10H18N4S/c1-3-14(4-2)7-8-15-9-5-6-12-10(11)13-9/h5-6H,3-4,7-8H2,1-2H3,(H2,11,12,13). The highest BCUT2D eigenvalue weighted by Crippen LogP contribution is 2.14. The average Bonchev–Trinajstić information content (AvgIpc) is 2.25. The third-order valence-corrected chi connectivity index (χ3v) is 3.11. The van der Waals surface area contributed by atoms with Crippen LogP contribution in [-0.4, -0.2) is 40.3 Å². The maximum atomic E-state index is 5.50. The van der Waals surface area contributed by atoms with E-state index in [1.165, 1.54) is 0 Å². The number of nitrogens with two attached hydrogens (primary N) is 1. The Morgan fingerprint density at radius 2 is 2.13 bits per heavy atom. The number of thioether (sulfide) groups is 1. The summed E-state index contributed by atoms with van der Waals surface area (Å²) >= 11 is 1.72. The van der Waals surface area contributed by atoms with Gasteiger partial charge in [-0.05, 0) is 19.2 Å². The minimum absolute atomic E-state index is 0.350. The number of aromatic nitrogens is 2. The zero-order chi connectivity index (χ0) is 11.1. The summed E-state index contributed by atoms with van der Waals surface area (Å²) in [6.07, 6.45) is 1.70. The van der Waals surface area contributed by atoms with Crippen LogP contribution in [0, 0.1) is 0 Å². The zero-order valence-corrected chi connectivity index (χ0v) is 10.1. The van der Waals surface area contributed by atoms with Gasteiger partial charge in [-0.25, -0.2) is 9.97 Å². The molecule has 0 aliphatic carbocycles. The van der Waals surface area contributed by atoms with E-state index in [2.05, 4.69) is 28.7 Å². The fourth-order valence-corrected chi connectivity index (χ4v) is 2.13. The van der Waals surface area contributed by atoms with Crippen LogP contribution in [0.4, 0.5) is 5.95 Å². The van der Waals surface area contributed by atoms with Crippen LogP contribution in [0.1, 0.15) is 13.8 Å². The molecule has 0 amide bonds. The van der Waals surface area contributed by atoms with Crippen LogP contribution in [-0.2, 0) is 0 Å². The smallest absolute Gasteiger partial charge is 0.221 e. The topological polar surface area (TPSA) is 55.0 Å². The van der Waals surface area contributed by atoms with Crippen LogP contribution in [0.25, 0.3) is 0 Å². The lowest BCUT2D eigenvalue weighted by Gasteiger charge is -2.16. The Kier molecular flexibility index (Phi) is 5.42. The van der Waals surface area contributed by atoms with Crippen molar-refractivity contribution >= 4 is 17.7 Å². The van der Waals surface area contributed by atoms with E-state index in [4.69, 9.17) is 5.73 Å². The molecule has 0 atom stereocenters. The van der Waals surface area contributed by atoms with Crippen molar-refractivity contribution in [1.29, 1.82) is 0 Å². The van der Waals surface area contributed by atoms with Gasteiger partial charge in [-0.15, -0.1) is 11.8 Å². The van der Waals surface area contributed by atoms with E-state index >= 15 is 0 Å². The molecule has 0 aliphatic rings. The largest absolute Gasteiger partial charge is 0.368 e. The van der Waals surface area contributed by atoms with Crippen molar-refractivity contribution < 1.29 is 0 Å². The van der Waals surface area contributed by atoms with Crippen LogP contribution in [0.3, 0.4) is 0 Å². The molecule has 5 heteroatoms. The maximum absolute atomic E-state index is 5.50. The van der Waals surface area contributed by atoms with Crippen molar-refractivity contribution in [3.05, 3.63) is 12.3 Å². The third-order valence-electron chi connectivity index (χ3n) is 2.20. The molecule has 0 fully saturated rings. The highest BCUT2D eigenvalue weighted by Gasteiger charge is 2.00. The first-order chi connectivity index (χ1) is 7.26. The highest BCUT2D eigenvalue weighted by atomic mass is 32.2. The van der Waals surface area contributed by atoms with E-state index in [1.54, 1.807) is 18.0 Å². The molecular weight excluding hydrogens is 208 g/mol. The van der Waals surface area contributed by atoms with Crippen molar-refractivity contribution in [2.45, 2.75) is 18.9 Å². The summed E-state index contributed by atoms with van der Waals surface area (Å²) in [7, 11) is 0. The molecule has 0 radical (unpaired) electrons. The molecule has 84 valence electrons. The van der Waals surface area contributed by atoms with E-state index in [0.29, 0.717) is 5.95 Å². The summed E-state index contributed by atoms with van der Waals surface area (Å²) in [6.45, 7) is 7.64. The summed E-state index contributed by atoms with van der Waals surface area (Å²) in [5, 5.41) is 0.953. The summed E-state index contributed by atoms with van der Waals surface area (Å²) in [6, 6.07) is 1.89. The quantitative estimate of drug-likeness (QED) is 0.588. The predicted octanol–water partition coefficient (Wildman–Crippen LogP) is 1.49. The average molecular weight is 226 g/mol. The Morgan fingerprint density at radius 3 is 2.73 bits per heavy atom. The Balaban J connectivity index is 2.31. The van der Waals surface area contributed by atoms with Crippen molar-refractivity contribution in [3.8, 4) is 0 Å². The van der Waals surface area contributed by atoms with Gasteiger partial charge in [-0.1, -0.05) is 13.8 Å². The fourth-order valence-electron chi connectivity index (χ4n) is 1.26. The Hall–Kier alpha value is -0.810. The van der Waals surface area contributed by atoms with Crippen molar-refractivity contribution in [3.63, 3.8) is 0 Å². The summed E-state index contributed by atoms with van der Waals surface area (Å²) < 4.78 is 0. The molecule has 1 heterocycles. The molecule has 0 unspecified atom stereocenters. The molecule has 4 nitrogen and oxygen atoms in total. The molecule has 0 spiro atoms. The second-order valence-electron chi connectivity index (χ2n) is 3.13. The number of nitrogens with zero attached hydrogens (tertiary/aromatic N) is 3. The Labute approximate surface area is 95.3 Å². The monoisotopic (exact) mass is 226 g/mol. The first-order valence-corrected chi connectivity index (χ1v) is 6.18. The molecule has 0 saturated heterocycles. The molecule has 1 aromatic heterocycles. The first-order valence-electron chi connectivity index (χ1n) is 5.20. The summed E-state index contributed by atoms with van der Waals surface area (Å²) in [5.41, 5.74) is 5.50. The summed E-state index contributed by atoms with van der Waals surface area (Å²) in [4.78, 5) is 10.4. The molecule has 0 saturated carbocycles. The molecule has 2 N–H and O–H groups in total. The first kappa shape index (κ1) is 12.3. The lowest BCUT2D eigenvalue weighted by atomic mass is 10.5. The van der Waals surface area contributed by atoms with Gasteiger partial charge in [-0.3, -0.25) is 0 Å². The predicted molar refractivity (Wildman–Crippen MR) is 65.0 cm³/mol. The SMILES string of the molecule is CCN(CC)CCSc1ccnc(N)n1. The van der Waals surface area contributed by atoms with Crippen LogP contribution >= 0.6 is 11.8 Å². The fraction of sp³-hybridized carbons (Fsp3) is 0.600. The normalized spacial score (nSPS) is 10.9. The van der Waals surface area contributed by atoms with Gasteiger partial charge in [-0.2, -0.15) is 0 Å². The van der Waals surface area contributed by atoms with Crippen LogP contribution in [0.15, 0.2) is 17.3 Å². The second-order valence-corrected chi connectivity index (χ2v) is 4.24. The van der Waals surface area contributed by atoms with E-state index in [1.807, 2.05) is 6.07 Å². The molecule has 0 bridgehead atoms. The number of hydrogen-bond acceptors (Lipinski definition) is 5. The van der Waals surface area contributed by atoms with Crippen molar-refractivity contribution in [1.82, 2.24) is 14.9 Å². The van der Waals surface area contributed by atoms with E-state index in [0.717, 1.165) is 30.4 Å². The number of hydrogen-bond donors (Lipinski definition) is 1. The number of anilines is 1.